The zero-order valence-corrected chi connectivity index (χ0v) is 16.8. The van der Waals surface area contributed by atoms with Gasteiger partial charge in [-0.15, -0.1) is 22.7 Å². The number of thiazole rings is 1. The third-order valence-electron chi connectivity index (χ3n) is 4.11. The largest absolute Gasteiger partial charge is 0.494 e. The van der Waals surface area contributed by atoms with Crippen molar-refractivity contribution in [1.82, 2.24) is 14.8 Å². The monoisotopic (exact) mass is 398 g/mol. The Balaban J connectivity index is 1.51. The molecule has 3 aromatic heterocycles. The van der Waals surface area contributed by atoms with Crippen LogP contribution in [0.15, 0.2) is 35.7 Å². The second-order valence-electron chi connectivity index (χ2n) is 5.99. The lowest BCUT2D eigenvalue weighted by Crippen LogP contribution is -2.09. The van der Waals surface area contributed by atoms with Crippen LogP contribution in [0, 0.1) is 6.92 Å². The Morgan fingerprint density at radius 1 is 1.30 bits per heavy atom. The first kappa shape index (κ1) is 17.7. The average Bonchev–Trinajstić information content (AvgIpc) is 3.34. The van der Waals surface area contributed by atoms with Crippen LogP contribution in [0.3, 0.4) is 0 Å². The van der Waals surface area contributed by atoms with E-state index in [4.69, 9.17) is 4.74 Å². The van der Waals surface area contributed by atoms with Gasteiger partial charge in [0.1, 0.15) is 10.6 Å². The minimum Gasteiger partial charge on any atom is -0.494 e. The maximum absolute atomic E-state index is 12.6. The van der Waals surface area contributed by atoms with E-state index >= 15 is 0 Å². The van der Waals surface area contributed by atoms with Crippen molar-refractivity contribution in [3.63, 3.8) is 0 Å². The van der Waals surface area contributed by atoms with E-state index in [1.807, 2.05) is 56.6 Å². The minimum absolute atomic E-state index is 0.150. The molecule has 1 amide bonds. The Kier molecular flexibility index (Phi) is 4.67. The quantitative estimate of drug-likeness (QED) is 0.528. The molecule has 3 heterocycles. The van der Waals surface area contributed by atoms with Gasteiger partial charge in [-0.1, -0.05) is 0 Å². The Morgan fingerprint density at radius 3 is 2.78 bits per heavy atom. The van der Waals surface area contributed by atoms with E-state index in [1.54, 1.807) is 4.68 Å². The Labute approximate surface area is 164 Å². The number of carbonyl (C=O) groups is 1. The van der Waals surface area contributed by atoms with Gasteiger partial charge in [0, 0.05) is 23.4 Å². The highest BCUT2D eigenvalue weighted by Crippen LogP contribution is 2.30. The average molecular weight is 399 g/mol. The van der Waals surface area contributed by atoms with Crippen LogP contribution in [-0.2, 0) is 7.05 Å². The molecule has 0 saturated carbocycles. The van der Waals surface area contributed by atoms with Crippen LogP contribution in [0.4, 0.5) is 5.13 Å². The van der Waals surface area contributed by atoms with Crippen LogP contribution >= 0.6 is 22.7 Å². The molecule has 0 atom stereocenters. The lowest BCUT2D eigenvalue weighted by atomic mass is 10.2. The maximum atomic E-state index is 12.6. The number of thiophene rings is 1. The first-order chi connectivity index (χ1) is 13.0. The van der Waals surface area contributed by atoms with E-state index in [1.165, 1.54) is 22.7 Å². The van der Waals surface area contributed by atoms with Gasteiger partial charge in [-0.25, -0.2) is 4.98 Å². The fraction of sp³-hybridized carbons (Fsp3) is 0.211. The summed E-state index contributed by atoms with van der Waals surface area (Å²) in [4.78, 5) is 18.8. The first-order valence-corrected chi connectivity index (χ1v) is 10.2. The van der Waals surface area contributed by atoms with Gasteiger partial charge in [-0.3, -0.25) is 14.8 Å². The Hall–Kier alpha value is -2.71. The number of hydrogen-bond donors (Lipinski definition) is 1. The van der Waals surface area contributed by atoms with Crippen molar-refractivity contribution in [1.29, 1.82) is 0 Å². The minimum atomic E-state index is -0.150. The van der Waals surface area contributed by atoms with E-state index in [-0.39, 0.29) is 5.91 Å². The van der Waals surface area contributed by atoms with Crippen LogP contribution in [0.2, 0.25) is 0 Å². The van der Waals surface area contributed by atoms with Gasteiger partial charge < -0.3 is 4.74 Å². The number of aromatic nitrogens is 3. The second-order valence-corrected chi connectivity index (χ2v) is 7.88. The number of fused-ring (bicyclic) bond motifs is 1. The van der Waals surface area contributed by atoms with Crippen molar-refractivity contribution in [3.8, 4) is 17.0 Å². The zero-order chi connectivity index (χ0) is 19.0. The summed E-state index contributed by atoms with van der Waals surface area (Å²) in [5.41, 5.74) is 2.74. The molecule has 0 bridgehead atoms. The fourth-order valence-electron chi connectivity index (χ4n) is 2.83. The number of ether oxygens (including phenoxy) is 1. The summed E-state index contributed by atoms with van der Waals surface area (Å²) in [6, 6.07) is 9.66. The van der Waals surface area contributed by atoms with Crippen LogP contribution < -0.4 is 10.1 Å². The van der Waals surface area contributed by atoms with Crippen LogP contribution in [-0.4, -0.2) is 27.3 Å². The lowest BCUT2D eigenvalue weighted by molar-refractivity contribution is 0.103. The smallest absolute Gasteiger partial charge is 0.267 e. The number of rotatable bonds is 5. The molecule has 138 valence electrons. The summed E-state index contributed by atoms with van der Waals surface area (Å²) in [5, 5.41) is 10.8. The molecule has 1 aromatic carbocycles. The number of carbonyl (C=O) groups excluding carboxylic acids is 1. The molecule has 0 spiro atoms. The van der Waals surface area contributed by atoms with Crippen molar-refractivity contribution in [2.24, 2.45) is 7.05 Å². The molecule has 8 heteroatoms. The number of amides is 1. The lowest BCUT2D eigenvalue weighted by Gasteiger charge is -2.03. The summed E-state index contributed by atoms with van der Waals surface area (Å²) < 4.78 is 7.26. The molecule has 0 fully saturated rings. The van der Waals surface area contributed by atoms with E-state index in [2.05, 4.69) is 15.4 Å². The summed E-state index contributed by atoms with van der Waals surface area (Å²) in [7, 11) is 1.89. The molecule has 0 unspecified atom stereocenters. The van der Waals surface area contributed by atoms with Crippen LogP contribution in [0.5, 0.6) is 5.75 Å². The summed E-state index contributed by atoms with van der Waals surface area (Å²) in [6.07, 6.45) is 0. The van der Waals surface area contributed by atoms with E-state index in [0.29, 0.717) is 16.6 Å². The van der Waals surface area contributed by atoms with Gasteiger partial charge in [-0.2, -0.15) is 5.10 Å². The highest BCUT2D eigenvalue weighted by molar-refractivity contribution is 7.20. The first-order valence-electron chi connectivity index (χ1n) is 8.48. The predicted molar refractivity (Wildman–Crippen MR) is 110 cm³/mol. The number of hydrogen-bond acceptors (Lipinski definition) is 6. The van der Waals surface area contributed by atoms with Gasteiger partial charge >= 0.3 is 0 Å². The standard InChI is InChI=1S/C19H18N4O2S2/c1-4-25-13-7-5-12(6-8-13)15-10-26-19(20-15)21-17(24)16-9-14-11(2)22-23(3)18(14)27-16/h5-10H,4H2,1-3H3,(H,20,21,24). The molecule has 0 aliphatic heterocycles. The molecular weight excluding hydrogens is 380 g/mol. The van der Waals surface area contributed by atoms with Crippen LogP contribution in [0.25, 0.3) is 21.5 Å². The topological polar surface area (TPSA) is 69.0 Å². The van der Waals surface area contributed by atoms with E-state index < -0.39 is 0 Å². The number of anilines is 1. The molecule has 0 saturated heterocycles. The third kappa shape index (κ3) is 3.45. The van der Waals surface area contributed by atoms with Gasteiger partial charge in [-0.05, 0) is 44.2 Å². The Bertz CT molecular complexity index is 1070. The Morgan fingerprint density at radius 2 is 2.07 bits per heavy atom. The summed E-state index contributed by atoms with van der Waals surface area (Å²) in [5.74, 6) is 0.683. The van der Waals surface area contributed by atoms with E-state index in [9.17, 15) is 4.79 Å². The van der Waals surface area contributed by atoms with Crippen molar-refractivity contribution in [2.75, 3.05) is 11.9 Å². The van der Waals surface area contributed by atoms with Gasteiger partial charge in [0.2, 0.25) is 0 Å². The molecule has 4 aromatic rings. The molecule has 0 radical (unpaired) electrons. The summed E-state index contributed by atoms with van der Waals surface area (Å²) in [6.45, 7) is 4.54. The normalized spacial score (nSPS) is 11.1. The van der Waals surface area contributed by atoms with Gasteiger partial charge in [0.25, 0.3) is 5.91 Å². The van der Waals surface area contributed by atoms with Gasteiger partial charge in [0.05, 0.1) is 22.9 Å². The fourth-order valence-corrected chi connectivity index (χ4v) is 4.56. The van der Waals surface area contributed by atoms with Crippen molar-refractivity contribution < 1.29 is 9.53 Å². The molecule has 4 rings (SSSR count). The molecule has 6 nitrogen and oxygen atoms in total. The number of aryl methyl sites for hydroxylation is 2. The summed E-state index contributed by atoms with van der Waals surface area (Å²) >= 11 is 2.84. The number of benzene rings is 1. The van der Waals surface area contributed by atoms with Crippen molar-refractivity contribution in [3.05, 3.63) is 46.3 Å². The predicted octanol–water partition coefficient (Wildman–Crippen LogP) is 4.72. The third-order valence-corrected chi connectivity index (χ3v) is 6.06. The molecule has 0 aliphatic carbocycles. The van der Waals surface area contributed by atoms with Crippen molar-refractivity contribution in [2.45, 2.75) is 13.8 Å². The molecule has 27 heavy (non-hydrogen) atoms. The van der Waals surface area contributed by atoms with Crippen molar-refractivity contribution >= 4 is 43.9 Å². The van der Waals surface area contributed by atoms with Crippen LogP contribution in [0.1, 0.15) is 22.3 Å². The number of nitrogens with one attached hydrogen (secondary N) is 1. The maximum Gasteiger partial charge on any atom is 0.267 e. The second kappa shape index (κ2) is 7.13. The van der Waals surface area contributed by atoms with Gasteiger partial charge in [0.15, 0.2) is 5.13 Å². The molecule has 0 aliphatic rings. The highest BCUT2D eigenvalue weighted by atomic mass is 32.1. The van der Waals surface area contributed by atoms with E-state index in [0.717, 1.165) is 32.9 Å². The highest BCUT2D eigenvalue weighted by Gasteiger charge is 2.16. The molecular formula is C19H18N4O2S2. The SMILES string of the molecule is CCOc1ccc(-c2csc(NC(=O)c3cc4c(C)nn(C)c4s3)n2)cc1. The zero-order valence-electron chi connectivity index (χ0n) is 15.1. The number of nitrogens with zero attached hydrogens (tertiary/aromatic N) is 3. The molecule has 1 N–H and O–H groups in total.